The van der Waals surface area contributed by atoms with Gasteiger partial charge in [0.25, 0.3) is 0 Å². The molecule has 114 heavy (non-hydrogen) atoms. The van der Waals surface area contributed by atoms with E-state index >= 15 is 9.59 Å². The summed E-state index contributed by atoms with van der Waals surface area (Å²) in [6.45, 7) is 33.9. The predicted octanol–water partition coefficient (Wildman–Crippen LogP) is 7.05. The van der Waals surface area contributed by atoms with Crippen LogP contribution < -0.4 is 45.0 Å². The highest BCUT2D eigenvalue weighted by Gasteiger charge is 2.49. The molecule has 638 valence electrons. The molecule has 1 fully saturated rings. The van der Waals surface area contributed by atoms with E-state index in [2.05, 4.69) is 35.1 Å². The molecular weight excluding hydrogens is 1460 g/mol. The molecule has 0 radical (unpaired) electrons. The number of hydrogen-bond donors (Lipinski definition) is 5. The van der Waals surface area contributed by atoms with Gasteiger partial charge in [-0.3, -0.25) is 57.5 Å². The zero-order chi connectivity index (χ0) is 86.3. The molecule has 4 aliphatic rings. The van der Waals surface area contributed by atoms with E-state index in [-0.39, 0.29) is 73.8 Å². The van der Waals surface area contributed by atoms with Gasteiger partial charge in [0.05, 0.1) is 38.3 Å². The zero-order valence-corrected chi connectivity index (χ0v) is 73.0. The van der Waals surface area contributed by atoms with Crippen LogP contribution in [0.1, 0.15) is 197 Å². The lowest BCUT2D eigenvalue weighted by atomic mass is 9.81. The summed E-state index contributed by atoms with van der Waals surface area (Å²) in [4.78, 5) is 182. The van der Waals surface area contributed by atoms with Crippen molar-refractivity contribution in [1.82, 2.24) is 55.6 Å². The van der Waals surface area contributed by atoms with Crippen molar-refractivity contribution in [3.05, 3.63) is 53.1 Å². The number of benzene rings is 2. The van der Waals surface area contributed by atoms with Gasteiger partial charge in [-0.2, -0.15) is 0 Å². The van der Waals surface area contributed by atoms with Crippen LogP contribution in [0.2, 0.25) is 0 Å². The van der Waals surface area contributed by atoms with Crippen molar-refractivity contribution in [2.45, 2.75) is 261 Å². The van der Waals surface area contributed by atoms with Gasteiger partial charge >= 0.3 is 0 Å². The number of nitrogens with one attached hydrogen (secondary N) is 4. The minimum Gasteiger partial charge on any atom is -0.493 e. The Morgan fingerprint density at radius 1 is 0.526 bits per heavy atom. The maximum Gasteiger partial charge on any atom is 0.246 e. The number of hydrogen-bond acceptors (Lipinski definition) is 18. The molecule has 2 aromatic carbocycles. The number of methoxy groups -OCH3 is 2. The van der Waals surface area contributed by atoms with Crippen LogP contribution in [-0.2, 0) is 59.2 Å². The van der Waals surface area contributed by atoms with Crippen LogP contribution in [0.3, 0.4) is 0 Å². The lowest BCUT2D eigenvalue weighted by Crippen LogP contribution is -2.63. The van der Waals surface area contributed by atoms with E-state index in [1.165, 1.54) is 87.7 Å². The van der Waals surface area contributed by atoms with Crippen molar-refractivity contribution >= 4 is 70.8 Å². The molecule has 29 nitrogen and oxygen atoms in total. The van der Waals surface area contributed by atoms with Gasteiger partial charge in [0.1, 0.15) is 96.5 Å². The number of rotatable bonds is 18. The number of amides is 11. The van der Waals surface area contributed by atoms with Crippen molar-refractivity contribution < 1.29 is 86.3 Å². The third-order valence-electron chi connectivity index (χ3n) is 22.2. The number of Topliss-reactive ketones (excluding diaryl/α,β-unsaturated/α-hetero) is 1. The van der Waals surface area contributed by atoms with Gasteiger partial charge in [-0.05, 0) is 125 Å². The molecule has 15 atom stereocenters. The van der Waals surface area contributed by atoms with Crippen LogP contribution in [0, 0.1) is 47.3 Å². The number of ketones is 1. The number of aliphatic hydroxyl groups is 1. The fraction of sp³-hybridized carbons (Fsp3) is 0.694. The van der Waals surface area contributed by atoms with Gasteiger partial charge in [-0.15, -0.1) is 0 Å². The van der Waals surface area contributed by atoms with E-state index in [1.54, 1.807) is 74.8 Å². The van der Waals surface area contributed by atoms with E-state index < -0.39 is 162 Å². The average Bonchev–Trinajstić information content (AvgIpc) is 1.30. The Morgan fingerprint density at radius 3 is 1.54 bits per heavy atom. The first-order valence-corrected chi connectivity index (χ1v) is 40.5. The number of fused-ring (bicyclic) bond motifs is 6. The van der Waals surface area contributed by atoms with Crippen LogP contribution in [0.4, 0.5) is 0 Å². The molecule has 2 aromatic rings. The molecule has 0 bridgehead atoms. The number of carbonyl (C=O) groups excluding carboxylic acids is 12. The van der Waals surface area contributed by atoms with E-state index in [0.717, 1.165) is 33.1 Å². The van der Waals surface area contributed by atoms with Crippen LogP contribution in [0.15, 0.2) is 36.4 Å². The van der Waals surface area contributed by atoms with Crippen LogP contribution in [0.25, 0.3) is 0 Å². The largest absolute Gasteiger partial charge is 0.493 e. The van der Waals surface area contributed by atoms with Crippen molar-refractivity contribution in [2.24, 2.45) is 47.3 Å². The minimum absolute atomic E-state index is 0.0229. The molecule has 4 aliphatic heterocycles. The maximum absolute atomic E-state index is 15.1. The summed E-state index contributed by atoms with van der Waals surface area (Å²) >= 11 is 0. The minimum atomic E-state index is -1.61. The van der Waals surface area contributed by atoms with E-state index in [9.17, 15) is 53.1 Å². The normalized spacial score (nSPS) is 26.1. The van der Waals surface area contributed by atoms with Crippen LogP contribution in [0.5, 0.6) is 28.7 Å². The summed E-state index contributed by atoms with van der Waals surface area (Å²) in [6, 6.07) is -5.01. The monoisotopic (exact) mass is 1600 g/mol. The molecule has 29 heteroatoms. The fourth-order valence-corrected chi connectivity index (χ4v) is 15.1. The first-order valence-electron chi connectivity index (χ1n) is 40.5. The molecule has 6 rings (SSSR count). The van der Waals surface area contributed by atoms with E-state index in [4.69, 9.17) is 23.7 Å². The lowest BCUT2D eigenvalue weighted by Gasteiger charge is -2.41. The van der Waals surface area contributed by atoms with E-state index in [1.807, 2.05) is 79.7 Å². The first-order chi connectivity index (χ1) is 53.2. The van der Waals surface area contributed by atoms with Gasteiger partial charge in [-0.25, -0.2) is 0 Å². The number of aliphatic hydroxyl groups excluding tert-OH is 1. The molecule has 11 amide bonds. The highest BCUT2D eigenvalue weighted by molar-refractivity contribution is 6.06. The Morgan fingerprint density at radius 2 is 1.03 bits per heavy atom. The molecule has 15 unspecified atom stereocenters. The highest BCUT2D eigenvalue weighted by atomic mass is 16.5. The molecule has 1 saturated heterocycles. The molecule has 0 spiro atoms. The van der Waals surface area contributed by atoms with Gasteiger partial charge in [0.15, 0.2) is 17.3 Å². The van der Waals surface area contributed by atoms with Crippen LogP contribution >= 0.6 is 0 Å². The SMILES string of the molecule is CC=CCC(C)C(O)C1C(=O)NC(CC)C(=O)N(C)CC(=O)N(C)C(CC(C)C)C(=O)NC(C(C)C)C(=O)N(C)C(CC(C)C)C(=O)NC(C)C(=O)NC(C)C(=O)N(C)C(CC(C)C)C(=O)N(C)C(CC(C)C)C(=O)N(C)C(C(C)C)C(=O)N1C.COc1cc2c(cc1OC)C1C(=O)c3ccc4c(c3OC1CO2)CC(C(C)C)O4. The van der Waals surface area contributed by atoms with Crippen molar-refractivity contribution in [1.29, 1.82) is 0 Å². The quantitative estimate of drug-likeness (QED) is 0.0933. The molecule has 5 N–H and O–H groups in total. The molecule has 0 saturated carbocycles. The van der Waals surface area contributed by atoms with Gasteiger partial charge in [-0.1, -0.05) is 123 Å². The molecule has 4 heterocycles. The number of carbonyl (C=O) groups is 12. The Kier molecular flexibility index (Phi) is 35.2. The average molecular weight is 1600 g/mol. The second-order valence-corrected chi connectivity index (χ2v) is 34.2. The Bertz CT molecular complexity index is 3760. The van der Waals surface area contributed by atoms with E-state index in [0.29, 0.717) is 47.5 Å². The lowest BCUT2D eigenvalue weighted by molar-refractivity contribution is -0.157. The summed E-state index contributed by atoms with van der Waals surface area (Å²) in [5, 5.41) is 23.1. The molecule has 0 aliphatic carbocycles. The summed E-state index contributed by atoms with van der Waals surface area (Å²) in [5.74, 6) is -6.47. The maximum atomic E-state index is 15.1. The Labute approximate surface area is 676 Å². The number of allylic oxidation sites excluding steroid dienone is 2. The number of likely N-dealkylation sites (N-methyl/N-ethyl adjacent to an activating group) is 7. The second-order valence-electron chi connectivity index (χ2n) is 34.2. The third-order valence-corrected chi connectivity index (χ3v) is 22.2. The van der Waals surface area contributed by atoms with Crippen molar-refractivity contribution in [3.63, 3.8) is 0 Å². The fourth-order valence-electron chi connectivity index (χ4n) is 15.1. The third kappa shape index (κ3) is 23.2. The zero-order valence-electron chi connectivity index (χ0n) is 73.0. The van der Waals surface area contributed by atoms with Gasteiger partial charge < -0.3 is 84.4 Å². The van der Waals surface area contributed by atoms with Crippen molar-refractivity contribution in [2.75, 3.05) is 76.7 Å². The standard InChI is InChI=1S/C62H111N11O12.C23H24O6/c1-25-27-28-40(15)52(75)51-56(79)65-43(26-2)58(81)67(18)33-48(74)68(19)44(29-34(3)4)55(78)66-49(38(11)12)61(84)69(20)45(30-35(5)6)54(77)63-41(16)53(76)64-42(17)57(80)70(21)46(31-36(7)8)59(82)71(22)47(32-37(9)10)60(83)72(23)50(39(13)14)62(85)73(51)24;1-11(2)16-8-14-15(28-16)6-5-12-22(24)21-13-7-18(25-3)19(26-4)9-17(13)27-10-20(21)29-23(12)14/h25,27,34-47,49-52,75H,26,28-33H2,1-24H3,(H,63,77)(H,64,76)(H,65,79)(H,66,78);5-7,9,11,16,20-21H,8,10H2,1-4H3. The first kappa shape index (κ1) is 95.6. The summed E-state index contributed by atoms with van der Waals surface area (Å²) in [5.41, 5.74) is 2.37. The topological polar surface area (TPSA) is 342 Å². The summed E-state index contributed by atoms with van der Waals surface area (Å²) < 4.78 is 29.2. The van der Waals surface area contributed by atoms with Crippen molar-refractivity contribution in [3.8, 4) is 28.7 Å². The Balaban J connectivity index is 0.000000653. The van der Waals surface area contributed by atoms with Gasteiger partial charge in [0, 0.05) is 72.9 Å². The second kappa shape index (κ2) is 42.0. The predicted molar refractivity (Wildman–Crippen MR) is 434 cm³/mol. The van der Waals surface area contributed by atoms with Crippen LogP contribution in [-0.4, -0.2) is 266 Å². The summed E-state index contributed by atoms with van der Waals surface area (Å²) in [7, 11) is 13.1. The Hall–Kier alpha value is -9.02. The number of ether oxygens (including phenoxy) is 5. The number of nitrogens with zero attached hydrogens (tertiary/aromatic N) is 7. The summed E-state index contributed by atoms with van der Waals surface area (Å²) in [6.07, 6.45) is 3.52. The molecule has 0 aromatic heterocycles. The highest BCUT2D eigenvalue weighted by Crippen LogP contribution is 2.50. The van der Waals surface area contributed by atoms with Gasteiger partial charge in [0.2, 0.25) is 65.0 Å². The molecular formula is C85H135N11O18. The smallest absolute Gasteiger partial charge is 0.246 e.